The third-order valence-corrected chi connectivity index (χ3v) is 14.8. The summed E-state index contributed by atoms with van der Waals surface area (Å²) in [4.78, 5) is 30.2. The maximum absolute atomic E-state index is 14.7. The van der Waals surface area contributed by atoms with Crippen LogP contribution >= 0.6 is 11.6 Å². The van der Waals surface area contributed by atoms with Gasteiger partial charge >= 0.3 is 0 Å². The number of carbonyl (C=O) groups excluding carboxylic acids is 2. The standard InChI is InChI=1S/C41H47ClN4O6S/c1-25-4-3-5-37(50-2)32-9-6-27(32)19-46-23-41(18-28-15-33(28)34-17-30(42)8-10-35(34)41)24-52-38-11-7-26(16-36(38)46)39(47)43-53(49,22-25)44-40(48)29-14-31-21-51-13-12-45(31)20-29/h3,5,7-8,10-11,14,16-17,20,25,27-28,32-33,37H,4,6,9,12-13,15,18-19,21-24H2,1-2H3,(H,43,44,47,48,49)/b5-3-/t25-,27-,28-,32+,33-,37-,41-,53?/m0/s1. The summed E-state index contributed by atoms with van der Waals surface area (Å²) in [5.74, 6) is 1.33. The molecule has 2 aromatic carbocycles. The third kappa shape index (κ3) is 6.61. The number of benzene rings is 2. The Bertz CT molecular complexity index is 2100. The maximum atomic E-state index is 14.7. The van der Waals surface area contributed by atoms with Crippen LogP contribution in [0.4, 0.5) is 5.69 Å². The number of hydrogen-bond acceptors (Lipinski definition) is 7. The second kappa shape index (κ2) is 13.6. The van der Waals surface area contributed by atoms with Crippen molar-refractivity contribution in [2.75, 3.05) is 44.1 Å². The number of anilines is 1. The Morgan fingerprint density at radius 3 is 2.85 bits per heavy atom. The van der Waals surface area contributed by atoms with Gasteiger partial charge in [-0.3, -0.25) is 14.3 Å². The lowest BCUT2D eigenvalue weighted by Gasteiger charge is -2.46. The topological polar surface area (TPSA) is 111 Å². The number of halogens is 1. The smallest absolute Gasteiger partial charge is 0.286 e. The normalized spacial score (nSPS) is 33.8. The summed E-state index contributed by atoms with van der Waals surface area (Å²) in [7, 11) is -1.75. The molecule has 4 heterocycles. The van der Waals surface area contributed by atoms with Crippen LogP contribution < -0.4 is 14.4 Å². The van der Waals surface area contributed by atoms with Crippen molar-refractivity contribution < 1.29 is 28.0 Å². The van der Waals surface area contributed by atoms with Gasteiger partial charge in [-0.15, -0.1) is 4.36 Å². The Morgan fingerprint density at radius 1 is 1.15 bits per heavy atom. The number of hydrogen-bond donors (Lipinski definition) is 1. The lowest BCUT2D eigenvalue weighted by molar-refractivity contribution is 0.0131. The molecular formula is C41H47ClN4O6S. The number of aromatic nitrogens is 1. The van der Waals surface area contributed by atoms with Crippen molar-refractivity contribution in [1.29, 1.82) is 0 Å². The summed E-state index contributed by atoms with van der Waals surface area (Å²) in [5, 5.41) is 0.765. The number of ether oxygens (including phenoxy) is 3. The molecule has 8 atom stereocenters. The quantitative estimate of drug-likeness (QED) is 0.289. The van der Waals surface area contributed by atoms with Crippen LogP contribution in [0, 0.1) is 23.7 Å². The van der Waals surface area contributed by atoms with Gasteiger partial charge in [-0.05, 0) is 109 Å². The molecule has 6 aliphatic rings. The van der Waals surface area contributed by atoms with Gasteiger partial charge in [0.25, 0.3) is 11.8 Å². The molecular weight excluding hydrogens is 712 g/mol. The molecule has 0 radical (unpaired) electrons. The number of nitrogens with zero attached hydrogens (tertiary/aromatic N) is 3. The van der Waals surface area contributed by atoms with Crippen LogP contribution in [0.15, 0.2) is 65.2 Å². The Balaban J connectivity index is 1.10. The van der Waals surface area contributed by atoms with Crippen molar-refractivity contribution in [3.8, 4) is 5.75 Å². The summed E-state index contributed by atoms with van der Waals surface area (Å²) in [6, 6.07) is 13.5. The predicted molar refractivity (Wildman–Crippen MR) is 204 cm³/mol. The van der Waals surface area contributed by atoms with Crippen LogP contribution in [-0.2, 0) is 38.0 Å². The second-order valence-corrected chi connectivity index (χ2v) is 18.7. The van der Waals surface area contributed by atoms with E-state index in [9.17, 15) is 13.8 Å². The van der Waals surface area contributed by atoms with Crippen LogP contribution in [0.5, 0.6) is 5.75 Å². The molecule has 1 aromatic heterocycles. The van der Waals surface area contributed by atoms with E-state index in [2.05, 4.69) is 38.3 Å². The van der Waals surface area contributed by atoms with E-state index >= 15 is 0 Å². The van der Waals surface area contributed by atoms with Gasteiger partial charge in [0, 0.05) is 54.6 Å². The van der Waals surface area contributed by atoms with Crippen molar-refractivity contribution in [3.63, 3.8) is 0 Å². The first-order chi connectivity index (χ1) is 25.6. The van der Waals surface area contributed by atoms with Crippen LogP contribution in [0.1, 0.15) is 82.5 Å². The lowest BCUT2D eigenvalue weighted by atomic mass is 9.68. The zero-order valence-corrected chi connectivity index (χ0v) is 31.9. The van der Waals surface area contributed by atoms with E-state index < -0.39 is 21.7 Å². The molecule has 2 bridgehead atoms. The Kier molecular flexibility index (Phi) is 8.99. The molecule has 1 spiro atoms. The molecule has 2 amide bonds. The highest BCUT2D eigenvalue weighted by Gasteiger charge is 2.54. The molecule has 3 aliphatic carbocycles. The van der Waals surface area contributed by atoms with E-state index in [0.717, 1.165) is 54.5 Å². The molecule has 3 aliphatic heterocycles. The van der Waals surface area contributed by atoms with Crippen LogP contribution in [0.2, 0.25) is 5.02 Å². The molecule has 0 saturated heterocycles. The number of carbonyl (C=O) groups is 2. The summed E-state index contributed by atoms with van der Waals surface area (Å²) in [6.45, 7) is 5.62. The summed E-state index contributed by atoms with van der Waals surface area (Å²) >= 11 is 6.55. The maximum Gasteiger partial charge on any atom is 0.286 e. The molecule has 3 aromatic rings. The van der Waals surface area contributed by atoms with Gasteiger partial charge in [0.05, 0.1) is 42.9 Å². The van der Waals surface area contributed by atoms with Crippen LogP contribution in [-0.4, -0.2) is 65.9 Å². The fourth-order valence-electron chi connectivity index (χ4n) is 9.64. The molecule has 9 rings (SSSR count). The first kappa shape index (κ1) is 35.1. The van der Waals surface area contributed by atoms with Gasteiger partial charge < -0.3 is 23.7 Å². The Hall–Kier alpha value is -3.64. The Morgan fingerprint density at radius 2 is 2.04 bits per heavy atom. The molecule has 2 fully saturated rings. The monoisotopic (exact) mass is 758 g/mol. The van der Waals surface area contributed by atoms with Gasteiger partial charge in [-0.25, -0.2) is 4.21 Å². The van der Waals surface area contributed by atoms with E-state index in [4.69, 9.17) is 25.8 Å². The number of fused-ring (bicyclic) bond motifs is 7. The van der Waals surface area contributed by atoms with Crippen molar-refractivity contribution in [1.82, 2.24) is 9.29 Å². The van der Waals surface area contributed by atoms with E-state index in [1.165, 1.54) is 17.5 Å². The van der Waals surface area contributed by atoms with Crippen molar-refractivity contribution >= 4 is 39.0 Å². The highest BCUT2D eigenvalue weighted by Crippen LogP contribution is 2.61. The van der Waals surface area contributed by atoms with Gasteiger partial charge in [-0.1, -0.05) is 36.7 Å². The van der Waals surface area contributed by atoms with Crippen LogP contribution in [0.3, 0.4) is 0 Å². The highest BCUT2D eigenvalue weighted by atomic mass is 35.5. The lowest BCUT2D eigenvalue weighted by Crippen LogP contribution is -2.49. The highest BCUT2D eigenvalue weighted by molar-refractivity contribution is 7.92. The number of rotatable bonds is 3. The molecule has 1 unspecified atom stereocenters. The van der Waals surface area contributed by atoms with E-state index in [1.54, 1.807) is 25.4 Å². The van der Waals surface area contributed by atoms with E-state index in [1.807, 2.05) is 29.7 Å². The average Bonchev–Trinajstić information content (AvgIpc) is 3.80. The van der Waals surface area contributed by atoms with Gasteiger partial charge in [0.15, 0.2) is 0 Å². The summed E-state index contributed by atoms with van der Waals surface area (Å²) in [6.07, 6.45) is 10.9. The SMILES string of the molecule is CO[C@H]1/C=C\C[C@H](C)CS(=O)(NC(=O)c2cc3n(c2)CCOC3)=NC(=O)c2ccc3c(c2)N(C[C@@H]2CC[C@H]21)C[C@]1(CO3)C[C@@H]2C[C@@H]2c2cc(Cl)ccc21. The minimum Gasteiger partial charge on any atom is -0.490 e. The number of nitrogens with one attached hydrogen (secondary N) is 1. The van der Waals surface area contributed by atoms with E-state index in [-0.39, 0.29) is 23.2 Å². The fourth-order valence-corrected chi connectivity index (χ4v) is 11.7. The molecule has 53 heavy (non-hydrogen) atoms. The molecule has 12 heteroatoms. The number of amides is 2. The Labute approximate surface area is 316 Å². The first-order valence-corrected chi connectivity index (χ1v) is 21.1. The van der Waals surface area contributed by atoms with Crippen molar-refractivity contribution in [3.05, 3.63) is 93.8 Å². The molecule has 280 valence electrons. The fraction of sp³-hybridized carbons (Fsp3) is 0.512. The van der Waals surface area contributed by atoms with Crippen molar-refractivity contribution in [2.45, 2.75) is 69.6 Å². The summed E-state index contributed by atoms with van der Waals surface area (Å²) in [5.41, 5.74) is 4.80. The largest absolute Gasteiger partial charge is 0.490 e. The zero-order valence-electron chi connectivity index (χ0n) is 30.3. The van der Waals surface area contributed by atoms with Gasteiger partial charge in [0.1, 0.15) is 15.7 Å². The number of methoxy groups -OCH3 is 1. The zero-order chi connectivity index (χ0) is 36.5. The molecule has 1 N–H and O–H groups in total. The first-order valence-electron chi connectivity index (χ1n) is 19.0. The number of allylic oxidation sites excluding steroid dienone is 1. The van der Waals surface area contributed by atoms with Crippen molar-refractivity contribution in [2.24, 2.45) is 28.0 Å². The second-order valence-electron chi connectivity index (χ2n) is 16.2. The molecule has 2 saturated carbocycles. The minimum absolute atomic E-state index is 0.0173. The van der Waals surface area contributed by atoms with Crippen LogP contribution in [0.25, 0.3) is 0 Å². The minimum atomic E-state index is -3.53. The van der Waals surface area contributed by atoms with Gasteiger partial charge in [0.2, 0.25) is 0 Å². The van der Waals surface area contributed by atoms with E-state index in [0.29, 0.717) is 67.6 Å². The third-order valence-electron chi connectivity index (χ3n) is 12.6. The van der Waals surface area contributed by atoms with Gasteiger partial charge in [-0.2, -0.15) is 0 Å². The predicted octanol–water partition coefficient (Wildman–Crippen LogP) is 6.91. The molecule has 10 nitrogen and oxygen atoms in total. The average molecular weight is 759 g/mol. The summed E-state index contributed by atoms with van der Waals surface area (Å²) < 4.78 is 42.0.